The first-order valence-corrected chi connectivity index (χ1v) is 7.28. The molecule has 0 N–H and O–H groups in total. The van der Waals surface area contributed by atoms with E-state index >= 15 is 0 Å². The summed E-state index contributed by atoms with van der Waals surface area (Å²) >= 11 is 1.43. The van der Waals surface area contributed by atoms with E-state index in [4.69, 9.17) is 9.68 Å². The topological polar surface area (TPSA) is 70.1 Å². The van der Waals surface area contributed by atoms with Gasteiger partial charge < -0.3 is 9.32 Å². The molecule has 1 aromatic carbocycles. The number of para-hydroxylation sites is 2. The Balaban J connectivity index is 1.81. The van der Waals surface area contributed by atoms with Gasteiger partial charge in [-0.25, -0.2) is 4.98 Å². The van der Waals surface area contributed by atoms with Gasteiger partial charge in [0.05, 0.1) is 12.5 Å². The molecule has 2 aromatic rings. The van der Waals surface area contributed by atoms with Crippen LogP contribution < -0.4 is 0 Å². The molecule has 0 bridgehead atoms. The molecular weight excluding hydrogens is 274 g/mol. The molecule has 2 rings (SSSR count). The summed E-state index contributed by atoms with van der Waals surface area (Å²) in [6, 6.07) is 9.60. The molecule has 0 aliphatic rings. The molecule has 0 aliphatic heterocycles. The van der Waals surface area contributed by atoms with Gasteiger partial charge in [-0.1, -0.05) is 23.9 Å². The van der Waals surface area contributed by atoms with Crippen LogP contribution in [0.4, 0.5) is 0 Å². The van der Waals surface area contributed by atoms with Crippen LogP contribution in [0, 0.1) is 11.3 Å². The maximum absolute atomic E-state index is 11.8. The summed E-state index contributed by atoms with van der Waals surface area (Å²) < 4.78 is 5.56. The lowest BCUT2D eigenvalue weighted by atomic mass is 10.3. The van der Waals surface area contributed by atoms with Gasteiger partial charge in [0.2, 0.25) is 5.91 Å². The number of rotatable bonds is 6. The first-order valence-electron chi connectivity index (χ1n) is 6.30. The Bertz CT molecular complexity index is 600. The van der Waals surface area contributed by atoms with Gasteiger partial charge in [0, 0.05) is 25.8 Å². The van der Waals surface area contributed by atoms with Crippen molar-refractivity contribution < 1.29 is 9.21 Å². The standard InChI is InChI=1S/C14H15N3O2S/c1-17(9-4-8-15)13(18)7-10-20-14-16-11-5-2-3-6-12(11)19-14/h2-3,5-6H,4,7,9-10H2,1H3. The third kappa shape index (κ3) is 3.75. The molecule has 20 heavy (non-hydrogen) atoms. The van der Waals surface area contributed by atoms with Crippen molar-refractivity contribution in [2.45, 2.75) is 18.1 Å². The quantitative estimate of drug-likeness (QED) is 0.765. The number of thioether (sulfide) groups is 1. The molecule has 6 heteroatoms. The van der Waals surface area contributed by atoms with Crippen LogP contribution >= 0.6 is 11.8 Å². The summed E-state index contributed by atoms with van der Waals surface area (Å²) in [5, 5.41) is 9.06. The summed E-state index contributed by atoms with van der Waals surface area (Å²) in [7, 11) is 1.71. The summed E-state index contributed by atoms with van der Waals surface area (Å²) in [5.41, 5.74) is 1.58. The van der Waals surface area contributed by atoms with Gasteiger partial charge in [0.1, 0.15) is 5.52 Å². The smallest absolute Gasteiger partial charge is 0.256 e. The molecule has 0 fully saturated rings. The van der Waals surface area contributed by atoms with Crippen LogP contribution in [0.15, 0.2) is 33.9 Å². The van der Waals surface area contributed by atoms with Gasteiger partial charge in [-0.3, -0.25) is 4.79 Å². The van der Waals surface area contributed by atoms with Crippen LogP contribution in [-0.4, -0.2) is 35.1 Å². The molecule has 0 saturated carbocycles. The predicted octanol–water partition coefficient (Wildman–Crippen LogP) is 2.68. The number of carbonyl (C=O) groups is 1. The molecular formula is C14H15N3O2S. The van der Waals surface area contributed by atoms with Crippen molar-refractivity contribution in [2.75, 3.05) is 19.3 Å². The molecule has 0 aliphatic carbocycles. The van der Waals surface area contributed by atoms with Crippen LogP contribution in [0.25, 0.3) is 11.1 Å². The lowest BCUT2D eigenvalue weighted by molar-refractivity contribution is -0.129. The molecule has 0 atom stereocenters. The number of hydrogen-bond donors (Lipinski definition) is 0. The fourth-order valence-corrected chi connectivity index (χ4v) is 2.43. The number of aromatic nitrogens is 1. The maximum Gasteiger partial charge on any atom is 0.256 e. The van der Waals surface area contributed by atoms with E-state index in [-0.39, 0.29) is 5.91 Å². The lowest BCUT2D eigenvalue weighted by Crippen LogP contribution is -2.27. The Labute approximate surface area is 121 Å². The zero-order valence-corrected chi connectivity index (χ0v) is 12.0. The minimum atomic E-state index is 0.0314. The Morgan fingerprint density at radius 3 is 3.05 bits per heavy atom. The number of carbonyl (C=O) groups excluding carboxylic acids is 1. The number of nitrogens with zero attached hydrogens (tertiary/aromatic N) is 3. The summed E-state index contributed by atoms with van der Waals surface area (Å²) in [5.74, 6) is 0.645. The Hall–Kier alpha value is -2.00. The normalized spacial score (nSPS) is 10.4. The first kappa shape index (κ1) is 14.4. The molecule has 0 unspecified atom stereocenters. The van der Waals surface area contributed by atoms with Gasteiger partial charge in [0.25, 0.3) is 5.22 Å². The minimum Gasteiger partial charge on any atom is -0.431 e. The van der Waals surface area contributed by atoms with Crippen molar-refractivity contribution in [1.29, 1.82) is 5.26 Å². The molecule has 1 heterocycles. The van der Waals surface area contributed by atoms with Gasteiger partial charge in [-0.05, 0) is 12.1 Å². The largest absolute Gasteiger partial charge is 0.431 e. The predicted molar refractivity (Wildman–Crippen MR) is 77.2 cm³/mol. The lowest BCUT2D eigenvalue weighted by Gasteiger charge is -2.14. The van der Waals surface area contributed by atoms with Crippen molar-refractivity contribution in [1.82, 2.24) is 9.88 Å². The molecule has 104 valence electrons. The maximum atomic E-state index is 11.8. The van der Waals surface area contributed by atoms with Gasteiger partial charge >= 0.3 is 0 Å². The summed E-state index contributed by atoms with van der Waals surface area (Å²) in [6.45, 7) is 0.475. The third-order valence-electron chi connectivity index (χ3n) is 2.80. The third-order valence-corrected chi connectivity index (χ3v) is 3.63. The van der Waals surface area contributed by atoms with Crippen LogP contribution in [0.1, 0.15) is 12.8 Å². The van der Waals surface area contributed by atoms with Crippen molar-refractivity contribution >= 4 is 28.8 Å². The summed E-state index contributed by atoms with van der Waals surface area (Å²) in [4.78, 5) is 17.7. The molecule has 0 saturated heterocycles. The molecule has 0 spiro atoms. The number of fused-ring (bicyclic) bond motifs is 1. The van der Waals surface area contributed by atoms with Gasteiger partial charge in [-0.2, -0.15) is 5.26 Å². The Morgan fingerprint density at radius 1 is 1.50 bits per heavy atom. The van der Waals surface area contributed by atoms with Crippen LogP contribution in [0.3, 0.4) is 0 Å². The first-order chi connectivity index (χ1) is 9.70. The highest BCUT2D eigenvalue weighted by Crippen LogP contribution is 2.23. The van der Waals surface area contributed by atoms with E-state index in [0.29, 0.717) is 30.4 Å². The second-order valence-corrected chi connectivity index (χ2v) is 5.32. The number of amides is 1. The van der Waals surface area contributed by atoms with Crippen molar-refractivity contribution in [2.24, 2.45) is 0 Å². The SMILES string of the molecule is CN(CCC#N)C(=O)CCSc1nc2ccccc2o1. The van der Waals surface area contributed by atoms with E-state index in [2.05, 4.69) is 4.98 Å². The van der Waals surface area contributed by atoms with Gasteiger partial charge in [0.15, 0.2) is 5.58 Å². The average molecular weight is 289 g/mol. The van der Waals surface area contributed by atoms with E-state index in [1.807, 2.05) is 30.3 Å². The molecule has 1 aromatic heterocycles. The van der Waals surface area contributed by atoms with Crippen molar-refractivity contribution in [3.05, 3.63) is 24.3 Å². The molecule has 5 nitrogen and oxygen atoms in total. The Morgan fingerprint density at radius 2 is 2.30 bits per heavy atom. The van der Waals surface area contributed by atoms with Crippen molar-refractivity contribution in [3.63, 3.8) is 0 Å². The monoisotopic (exact) mass is 289 g/mol. The highest BCUT2D eigenvalue weighted by atomic mass is 32.2. The second kappa shape index (κ2) is 6.96. The number of oxazole rings is 1. The van der Waals surface area contributed by atoms with E-state index in [1.54, 1.807) is 11.9 Å². The Kier molecular flexibility index (Phi) is 5.02. The van der Waals surface area contributed by atoms with Crippen LogP contribution in [0.2, 0.25) is 0 Å². The van der Waals surface area contributed by atoms with E-state index in [1.165, 1.54) is 11.8 Å². The second-order valence-electron chi connectivity index (χ2n) is 4.27. The number of benzene rings is 1. The van der Waals surface area contributed by atoms with E-state index in [0.717, 1.165) is 11.1 Å². The summed E-state index contributed by atoms with van der Waals surface area (Å²) in [6.07, 6.45) is 0.770. The molecule has 0 radical (unpaired) electrons. The number of hydrogen-bond acceptors (Lipinski definition) is 5. The minimum absolute atomic E-state index is 0.0314. The van der Waals surface area contributed by atoms with Crippen molar-refractivity contribution in [3.8, 4) is 6.07 Å². The zero-order chi connectivity index (χ0) is 14.4. The van der Waals surface area contributed by atoms with Crippen LogP contribution in [-0.2, 0) is 4.79 Å². The van der Waals surface area contributed by atoms with E-state index < -0.39 is 0 Å². The molecule has 1 amide bonds. The van der Waals surface area contributed by atoms with E-state index in [9.17, 15) is 4.79 Å². The number of nitriles is 1. The highest BCUT2D eigenvalue weighted by molar-refractivity contribution is 7.99. The fraction of sp³-hybridized carbons (Fsp3) is 0.357. The highest BCUT2D eigenvalue weighted by Gasteiger charge is 2.10. The average Bonchev–Trinajstić information content (AvgIpc) is 2.87. The fourth-order valence-electron chi connectivity index (χ4n) is 1.67. The zero-order valence-electron chi connectivity index (χ0n) is 11.2. The van der Waals surface area contributed by atoms with Crippen LogP contribution in [0.5, 0.6) is 0 Å². The van der Waals surface area contributed by atoms with Gasteiger partial charge in [-0.15, -0.1) is 0 Å².